The fraction of sp³-hybridized carbons (Fsp3) is 0.448. The zero-order chi connectivity index (χ0) is 28.8. The molecule has 2 aromatic rings. The highest BCUT2D eigenvalue weighted by molar-refractivity contribution is 7.98. The van der Waals surface area contributed by atoms with E-state index in [-0.39, 0.29) is 12.3 Å². The van der Waals surface area contributed by atoms with E-state index in [1.165, 1.54) is 11.8 Å². The Balaban J connectivity index is 2.10. The van der Waals surface area contributed by atoms with E-state index in [2.05, 4.69) is 16.0 Å². The van der Waals surface area contributed by atoms with Gasteiger partial charge in [-0.1, -0.05) is 74.5 Å². The molecule has 0 heterocycles. The van der Waals surface area contributed by atoms with E-state index in [0.717, 1.165) is 11.1 Å². The van der Waals surface area contributed by atoms with Crippen molar-refractivity contribution >= 4 is 35.5 Å². The minimum atomic E-state index is -1.17. The Labute approximate surface area is 234 Å². The third-order valence-electron chi connectivity index (χ3n) is 6.12. The van der Waals surface area contributed by atoms with Crippen LogP contribution in [0.1, 0.15) is 37.8 Å². The highest BCUT2D eigenvalue weighted by Crippen LogP contribution is 2.10. The number of nitrogens with two attached hydrogens (primary N) is 1. The number of aliphatic carboxylic acids is 1. The fourth-order valence-electron chi connectivity index (χ4n) is 4.04. The van der Waals surface area contributed by atoms with Crippen LogP contribution in [0.5, 0.6) is 0 Å². The van der Waals surface area contributed by atoms with Crippen molar-refractivity contribution in [2.75, 3.05) is 12.0 Å². The number of carboxylic acid groups (broad SMARTS) is 1. The van der Waals surface area contributed by atoms with Gasteiger partial charge in [0, 0.05) is 6.42 Å². The standard InChI is InChI=1S/C29H40N4O5S/c1-19(2)16-24(32-26(34)22(30)17-20-10-6-4-7-11-20)28(36)31-23(14-15-39-3)27(35)33-25(29(37)38)18-21-12-8-5-9-13-21/h4-13,19,22-25H,14-18,30H2,1-3H3,(H,31,36)(H,32,34)(H,33,35)(H,37,38). The van der Waals surface area contributed by atoms with Crippen molar-refractivity contribution in [2.24, 2.45) is 11.7 Å². The molecule has 0 fully saturated rings. The second-order valence-corrected chi connectivity index (χ2v) is 10.9. The first-order valence-corrected chi connectivity index (χ1v) is 14.5. The third kappa shape index (κ3) is 11.5. The molecule has 0 spiro atoms. The maximum atomic E-state index is 13.3. The second-order valence-electron chi connectivity index (χ2n) is 9.92. The van der Waals surface area contributed by atoms with Crippen LogP contribution in [-0.4, -0.2) is 65.0 Å². The molecule has 0 aliphatic rings. The lowest BCUT2D eigenvalue weighted by atomic mass is 10.0. The molecule has 0 aliphatic heterocycles. The minimum absolute atomic E-state index is 0.0761. The molecule has 0 aliphatic carbocycles. The Morgan fingerprint density at radius 3 is 1.77 bits per heavy atom. The first-order chi connectivity index (χ1) is 18.6. The number of benzene rings is 2. The number of carbonyl (C=O) groups is 4. The van der Waals surface area contributed by atoms with Crippen molar-refractivity contribution < 1.29 is 24.3 Å². The Kier molecular flexibility index (Phi) is 13.5. The van der Waals surface area contributed by atoms with Gasteiger partial charge in [-0.25, -0.2) is 4.79 Å². The molecule has 0 aromatic heterocycles. The first-order valence-electron chi connectivity index (χ1n) is 13.1. The summed E-state index contributed by atoms with van der Waals surface area (Å²) in [4.78, 5) is 51.2. The highest BCUT2D eigenvalue weighted by Gasteiger charge is 2.30. The lowest BCUT2D eigenvalue weighted by molar-refractivity contribution is -0.142. The minimum Gasteiger partial charge on any atom is -0.480 e. The van der Waals surface area contributed by atoms with Crippen LogP contribution >= 0.6 is 11.8 Å². The Bertz CT molecular complexity index is 1070. The number of nitrogens with one attached hydrogen (secondary N) is 3. The summed E-state index contributed by atoms with van der Waals surface area (Å²) in [6, 6.07) is 14.5. The predicted octanol–water partition coefficient (Wildman–Crippen LogP) is 2.14. The normalized spacial score (nSPS) is 14.1. The van der Waals surface area contributed by atoms with Crippen LogP contribution in [-0.2, 0) is 32.0 Å². The quantitative estimate of drug-likeness (QED) is 0.213. The molecule has 2 rings (SSSR count). The van der Waals surface area contributed by atoms with Gasteiger partial charge in [-0.2, -0.15) is 11.8 Å². The maximum absolute atomic E-state index is 13.3. The zero-order valence-electron chi connectivity index (χ0n) is 22.8. The number of carboxylic acids is 1. The summed E-state index contributed by atoms with van der Waals surface area (Å²) < 4.78 is 0. The van der Waals surface area contributed by atoms with Gasteiger partial charge >= 0.3 is 5.97 Å². The monoisotopic (exact) mass is 556 g/mol. The smallest absolute Gasteiger partial charge is 0.326 e. The lowest BCUT2D eigenvalue weighted by Gasteiger charge is -2.26. The van der Waals surface area contributed by atoms with Gasteiger partial charge < -0.3 is 26.8 Å². The molecule has 4 unspecified atom stereocenters. The molecule has 39 heavy (non-hydrogen) atoms. The van der Waals surface area contributed by atoms with Crippen molar-refractivity contribution in [1.29, 1.82) is 0 Å². The average Bonchev–Trinajstić information content (AvgIpc) is 2.90. The molecule has 0 radical (unpaired) electrons. The topological polar surface area (TPSA) is 151 Å². The molecule has 0 saturated carbocycles. The summed E-state index contributed by atoms with van der Waals surface area (Å²) in [5.74, 6) is -2.08. The third-order valence-corrected chi connectivity index (χ3v) is 6.76. The summed E-state index contributed by atoms with van der Waals surface area (Å²) in [7, 11) is 0. The van der Waals surface area contributed by atoms with Gasteiger partial charge in [-0.15, -0.1) is 0 Å². The van der Waals surface area contributed by atoms with Crippen molar-refractivity contribution in [2.45, 2.75) is 63.7 Å². The van der Waals surface area contributed by atoms with E-state index in [1.807, 2.05) is 56.5 Å². The van der Waals surface area contributed by atoms with E-state index in [4.69, 9.17) is 5.73 Å². The molecular weight excluding hydrogens is 516 g/mol. The van der Waals surface area contributed by atoms with E-state index < -0.39 is 47.9 Å². The van der Waals surface area contributed by atoms with Gasteiger partial charge in [0.05, 0.1) is 6.04 Å². The highest BCUT2D eigenvalue weighted by atomic mass is 32.2. The van der Waals surface area contributed by atoms with Crippen LogP contribution in [0.15, 0.2) is 60.7 Å². The molecule has 10 heteroatoms. The van der Waals surface area contributed by atoms with E-state index in [9.17, 15) is 24.3 Å². The van der Waals surface area contributed by atoms with Gasteiger partial charge in [-0.3, -0.25) is 14.4 Å². The van der Waals surface area contributed by atoms with E-state index in [0.29, 0.717) is 25.0 Å². The van der Waals surface area contributed by atoms with Gasteiger partial charge in [-0.05, 0) is 48.3 Å². The summed E-state index contributed by atoms with van der Waals surface area (Å²) >= 11 is 1.50. The summed E-state index contributed by atoms with van der Waals surface area (Å²) in [6.07, 6.45) is 2.95. The van der Waals surface area contributed by atoms with Gasteiger partial charge in [0.2, 0.25) is 17.7 Å². The van der Waals surface area contributed by atoms with Gasteiger partial charge in [0.25, 0.3) is 0 Å². The average molecular weight is 557 g/mol. The first kappa shape index (κ1) is 31.8. The van der Waals surface area contributed by atoms with E-state index >= 15 is 0 Å². The molecule has 4 atom stereocenters. The fourth-order valence-corrected chi connectivity index (χ4v) is 4.51. The largest absolute Gasteiger partial charge is 0.480 e. The number of thioether (sulfide) groups is 1. The van der Waals surface area contributed by atoms with Crippen LogP contribution in [0, 0.1) is 5.92 Å². The zero-order valence-corrected chi connectivity index (χ0v) is 23.6. The van der Waals surface area contributed by atoms with Crippen LogP contribution in [0.25, 0.3) is 0 Å². The van der Waals surface area contributed by atoms with E-state index in [1.54, 1.807) is 24.3 Å². The predicted molar refractivity (Wildman–Crippen MR) is 154 cm³/mol. The molecule has 9 nitrogen and oxygen atoms in total. The molecular formula is C29H40N4O5S. The maximum Gasteiger partial charge on any atom is 0.326 e. The molecule has 6 N–H and O–H groups in total. The van der Waals surface area contributed by atoms with Crippen molar-refractivity contribution in [3.05, 3.63) is 71.8 Å². The van der Waals surface area contributed by atoms with Crippen molar-refractivity contribution in [1.82, 2.24) is 16.0 Å². The number of rotatable bonds is 16. The molecule has 0 bridgehead atoms. The lowest BCUT2D eigenvalue weighted by Crippen LogP contribution is -2.57. The SMILES string of the molecule is CSCCC(NC(=O)C(CC(C)C)NC(=O)C(N)Cc1ccccc1)C(=O)NC(Cc1ccccc1)C(=O)O. The molecule has 212 valence electrons. The van der Waals surface area contributed by atoms with Crippen LogP contribution in [0.3, 0.4) is 0 Å². The Morgan fingerprint density at radius 2 is 1.26 bits per heavy atom. The van der Waals surface area contributed by atoms with Crippen molar-refractivity contribution in [3.8, 4) is 0 Å². The number of amides is 3. The molecule has 3 amide bonds. The molecule has 2 aromatic carbocycles. The number of hydrogen-bond donors (Lipinski definition) is 5. The van der Waals surface area contributed by atoms with Gasteiger partial charge in [0.15, 0.2) is 0 Å². The van der Waals surface area contributed by atoms with Crippen LogP contribution < -0.4 is 21.7 Å². The Hall–Kier alpha value is -3.37. The van der Waals surface area contributed by atoms with Crippen molar-refractivity contribution in [3.63, 3.8) is 0 Å². The Morgan fingerprint density at radius 1 is 0.769 bits per heavy atom. The molecule has 0 saturated heterocycles. The summed E-state index contributed by atoms with van der Waals surface area (Å²) in [5.41, 5.74) is 7.79. The van der Waals surface area contributed by atoms with Gasteiger partial charge in [0.1, 0.15) is 18.1 Å². The summed E-state index contributed by atoms with van der Waals surface area (Å²) in [5, 5.41) is 17.8. The number of hydrogen-bond acceptors (Lipinski definition) is 6. The van der Waals surface area contributed by atoms with Crippen LogP contribution in [0.4, 0.5) is 0 Å². The second kappa shape index (κ2) is 16.6. The van der Waals surface area contributed by atoms with Crippen LogP contribution in [0.2, 0.25) is 0 Å². The summed E-state index contributed by atoms with van der Waals surface area (Å²) in [6.45, 7) is 3.85. The number of carbonyl (C=O) groups excluding carboxylic acids is 3.